The number of benzene rings is 1. The van der Waals surface area contributed by atoms with Crippen LogP contribution in [0.5, 0.6) is 0 Å². The number of amides is 4. The normalized spacial score (nSPS) is 21.3. The van der Waals surface area contributed by atoms with Gasteiger partial charge < -0.3 is 20.9 Å². The summed E-state index contributed by atoms with van der Waals surface area (Å²) in [6, 6.07) is 9.34. The van der Waals surface area contributed by atoms with E-state index in [1.165, 1.54) is 0 Å². The van der Waals surface area contributed by atoms with E-state index >= 15 is 0 Å². The highest BCUT2D eigenvalue weighted by atomic mass is 16.2. The minimum absolute atomic E-state index is 0.0254. The number of urea groups is 1. The quantitative estimate of drug-likeness (QED) is 0.725. The van der Waals surface area contributed by atoms with E-state index < -0.39 is 5.41 Å². The number of anilines is 2. The molecule has 0 bridgehead atoms. The van der Waals surface area contributed by atoms with Crippen molar-refractivity contribution in [2.45, 2.75) is 31.1 Å². The van der Waals surface area contributed by atoms with Crippen molar-refractivity contribution in [2.75, 3.05) is 30.3 Å². The summed E-state index contributed by atoms with van der Waals surface area (Å²) >= 11 is 0. The summed E-state index contributed by atoms with van der Waals surface area (Å²) in [4.78, 5) is 43.1. The van der Waals surface area contributed by atoms with Crippen LogP contribution in [0.25, 0.3) is 0 Å². The summed E-state index contributed by atoms with van der Waals surface area (Å²) < 4.78 is 0. The van der Waals surface area contributed by atoms with E-state index in [4.69, 9.17) is 0 Å². The molecule has 1 aliphatic carbocycles. The summed E-state index contributed by atoms with van der Waals surface area (Å²) in [5.74, 6) is 0.337. The Labute approximate surface area is 174 Å². The lowest BCUT2D eigenvalue weighted by Gasteiger charge is -2.20. The zero-order chi connectivity index (χ0) is 20.7. The SMILES string of the molecule is O=C(CNC(=O)N1CCCC1)Nc1ccc2c(c1)CC1(C2)C(=O)Nc2ncccc21. The van der Waals surface area contributed by atoms with Crippen LogP contribution in [0.15, 0.2) is 36.5 Å². The van der Waals surface area contributed by atoms with E-state index in [9.17, 15) is 14.4 Å². The molecule has 2 aliphatic heterocycles. The first-order chi connectivity index (χ1) is 14.5. The minimum atomic E-state index is -0.627. The number of carbonyl (C=O) groups is 3. The fraction of sp³-hybridized carbons (Fsp3) is 0.364. The molecule has 1 saturated heterocycles. The van der Waals surface area contributed by atoms with Gasteiger partial charge in [-0.25, -0.2) is 9.78 Å². The number of nitrogens with zero attached hydrogens (tertiary/aromatic N) is 2. The molecule has 1 atom stereocenters. The Hall–Kier alpha value is -3.42. The standard InChI is InChI=1S/C22H23N5O3/c28-18(13-24-21(30)27-8-1-2-9-27)25-16-6-5-14-11-22(12-15(14)10-16)17-4-3-7-23-19(17)26-20(22)29/h3-7,10H,1-2,8-9,11-13H2,(H,24,30)(H,25,28)(H,23,26,29). The minimum Gasteiger partial charge on any atom is -0.329 e. The van der Waals surface area contributed by atoms with Crippen molar-refractivity contribution < 1.29 is 14.4 Å². The second-order valence-electron chi connectivity index (χ2n) is 8.17. The van der Waals surface area contributed by atoms with E-state index in [-0.39, 0.29) is 24.4 Å². The number of carbonyl (C=O) groups excluding carboxylic acids is 3. The Balaban J connectivity index is 1.26. The molecule has 1 fully saturated rings. The Morgan fingerprint density at radius 1 is 1.13 bits per heavy atom. The number of fused-ring (bicyclic) bond motifs is 3. The monoisotopic (exact) mass is 405 g/mol. The van der Waals surface area contributed by atoms with Crippen LogP contribution in [0, 0.1) is 0 Å². The van der Waals surface area contributed by atoms with Gasteiger partial charge in [0.25, 0.3) is 0 Å². The van der Waals surface area contributed by atoms with Crippen LogP contribution < -0.4 is 16.0 Å². The van der Waals surface area contributed by atoms with Crippen LogP contribution in [0.2, 0.25) is 0 Å². The molecule has 5 rings (SSSR count). The molecular formula is C22H23N5O3. The fourth-order valence-electron chi connectivity index (χ4n) is 4.74. The molecular weight excluding hydrogens is 382 g/mol. The van der Waals surface area contributed by atoms with E-state index in [2.05, 4.69) is 20.9 Å². The van der Waals surface area contributed by atoms with Crippen LogP contribution in [-0.2, 0) is 27.8 Å². The third-order valence-corrected chi connectivity index (χ3v) is 6.26. The third kappa shape index (κ3) is 3.08. The van der Waals surface area contributed by atoms with Gasteiger partial charge in [0.1, 0.15) is 5.82 Å². The second kappa shape index (κ2) is 7.12. The number of aromatic nitrogens is 1. The van der Waals surface area contributed by atoms with Gasteiger partial charge in [-0.1, -0.05) is 12.1 Å². The lowest BCUT2D eigenvalue weighted by molar-refractivity contribution is -0.120. The fourth-order valence-corrected chi connectivity index (χ4v) is 4.74. The van der Waals surface area contributed by atoms with Gasteiger partial charge in [-0.2, -0.15) is 0 Å². The van der Waals surface area contributed by atoms with E-state index in [0.29, 0.717) is 24.3 Å². The largest absolute Gasteiger partial charge is 0.329 e. The Kier molecular flexibility index (Phi) is 4.42. The summed E-state index contributed by atoms with van der Waals surface area (Å²) in [7, 11) is 0. The van der Waals surface area contributed by atoms with Gasteiger partial charge in [-0.3, -0.25) is 9.59 Å². The van der Waals surface area contributed by atoms with Crippen LogP contribution in [0.3, 0.4) is 0 Å². The van der Waals surface area contributed by atoms with Gasteiger partial charge in [0.2, 0.25) is 11.8 Å². The maximum Gasteiger partial charge on any atom is 0.317 e. The van der Waals surface area contributed by atoms with Gasteiger partial charge in [0.15, 0.2) is 0 Å². The number of nitrogens with one attached hydrogen (secondary N) is 3. The smallest absolute Gasteiger partial charge is 0.317 e. The molecule has 154 valence electrons. The number of hydrogen-bond acceptors (Lipinski definition) is 4. The molecule has 1 aromatic heterocycles. The number of rotatable bonds is 3. The Bertz CT molecular complexity index is 1050. The molecule has 30 heavy (non-hydrogen) atoms. The molecule has 8 heteroatoms. The average Bonchev–Trinajstić information content (AvgIpc) is 3.45. The summed E-state index contributed by atoms with van der Waals surface area (Å²) in [5, 5.41) is 8.41. The summed E-state index contributed by atoms with van der Waals surface area (Å²) in [6.07, 6.45) is 4.88. The average molecular weight is 405 g/mol. The zero-order valence-electron chi connectivity index (χ0n) is 16.5. The molecule has 1 unspecified atom stereocenters. The Morgan fingerprint density at radius 3 is 2.77 bits per heavy atom. The van der Waals surface area contributed by atoms with Crippen LogP contribution in [-0.4, -0.2) is 47.4 Å². The first kappa shape index (κ1) is 18.6. The summed E-state index contributed by atoms with van der Waals surface area (Å²) in [5.41, 5.74) is 3.11. The second-order valence-corrected chi connectivity index (χ2v) is 8.17. The van der Waals surface area contributed by atoms with Gasteiger partial charge in [0.05, 0.1) is 12.0 Å². The predicted molar refractivity (Wildman–Crippen MR) is 111 cm³/mol. The van der Waals surface area contributed by atoms with Crippen LogP contribution in [0.4, 0.5) is 16.3 Å². The first-order valence-corrected chi connectivity index (χ1v) is 10.3. The van der Waals surface area contributed by atoms with Gasteiger partial charge in [-0.15, -0.1) is 0 Å². The number of likely N-dealkylation sites (tertiary alicyclic amines) is 1. The molecule has 3 aliphatic rings. The van der Waals surface area contributed by atoms with Crippen LogP contribution >= 0.6 is 0 Å². The molecule has 0 saturated carbocycles. The van der Waals surface area contributed by atoms with Crippen molar-refractivity contribution in [3.8, 4) is 0 Å². The van der Waals surface area contributed by atoms with Crippen molar-refractivity contribution in [1.29, 1.82) is 0 Å². The highest BCUT2D eigenvalue weighted by Crippen LogP contribution is 2.46. The lowest BCUT2D eigenvalue weighted by atomic mass is 9.79. The topological polar surface area (TPSA) is 103 Å². The van der Waals surface area contributed by atoms with Crippen molar-refractivity contribution in [3.63, 3.8) is 0 Å². The maximum atomic E-state index is 12.8. The predicted octanol–water partition coefficient (Wildman–Crippen LogP) is 1.81. The first-order valence-electron chi connectivity index (χ1n) is 10.3. The van der Waals surface area contributed by atoms with Crippen molar-refractivity contribution >= 4 is 29.4 Å². The van der Waals surface area contributed by atoms with Crippen molar-refractivity contribution in [2.24, 2.45) is 0 Å². The molecule has 4 amide bonds. The zero-order valence-corrected chi connectivity index (χ0v) is 16.5. The van der Waals surface area contributed by atoms with Gasteiger partial charge in [0, 0.05) is 30.5 Å². The summed E-state index contributed by atoms with van der Waals surface area (Å²) in [6.45, 7) is 1.41. The molecule has 1 aromatic carbocycles. The van der Waals surface area contributed by atoms with Gasteiger partial charge >= 0.3 is 6.03 Å². The molecule has 0 radical (unpaired) electrons. The Morgan fingerprint density at radius 2 is 1.93 bits per heavy atom. The van der Waals surface area contributed by atoms with E-state index in [0.717, 1.165) is 42.6 Å². The lowest BCUT2D eigenvalue weighted by Crippen LogP contribution is -2.41. The molecule has 3 N–H and O–H groups in total. The molecule has 3 heterocycles. The highest BCUT2D eigenvalue weighted by molar-refractivity contribution is 6.06. The third-order valence-electron chi connectivity index (χ3n) is 6.26. The van der Waals surface area contributed by atoms with Crippen molar-refractivity contribution in [3.05, 3.63) is 53.2 Å². The van der Waals surface area contributed by atoms with Crippen LogP contribution in [0.1, 0.15) is 29.5 Å². The highest BCUT2D eigenvalue weighted by Gasteiger charge is 2.51. The van der Waals surface area contributed by atoms with E-state index in [1.54, 1.807) is 11.1 Å². The maximum absolute atomic E-state index is 12.8. The molecule has 2 aromatic rings. The molecule has 1 spiro atoms. The van der Waals surface area contributed by atoms with Gasteiger partial charge in [-0.05, 0) is 55.0 Å². The number of hydrogen-bond donors (Lipinski definition) is 3. The molecule has 8 nitrogen and oxygen atoms in total. The van der Waals surface area contributed by atoms with Crippen molar-refractivity contribution in [1.82, 2.24) is 15.2 Å². The number of pyridine rings is 1. The van der Waals surface area contributed by atoms with E-state index in [1.807, 2.05) is 30.3 Å².